The van der Waals surface area contributed by atoms with Crippen LogP contribution in [0, 0.1) is 0 Å². The number of nitrogens with one attached hydrogen (secondary N) is 2. The zero-order valence-corrected chi connectivity index (χ0v) is 19.7. The van der Waals surface area contributed by atoms with E-state index in [0.717, 1.165) is 52.2 Å². The Balaban J connectivity index is 1.49. The fourth-order valence-corrected chi connectivity index (χ4v) is 5.74. The van der Waals surface area contributed by atoms with Gasteiger partial charge < -0.3 is 10.6 Å². The minimum absolute atomic E-state index is 0.174. The minimum Gasteiger partial charge on any atom is -0.321 e. The number of rotatable bonds is 4. The van der Waals surface area contributed by atoms with E-state index in [1.807, 2.05) is 54.6 Å². The average Bonchev–Trinajstić information content (AvgIpc) is 3.17. The van der Waals surface area contributed by atoms with Crippen molar-refractivity contribution in [2.45, 2.75) is 25.7 Å². The maximum absolute atomic E-state index is 13.5. The number of halogens is 1. The summed E-state index contributed by atoms with van der Waals surface area (Å²) in [6.45, 7) is 0. The van der Waals surface area contributed by atoms with E-state index < -0.39 is 0 Å². The number of hydrogen-bond acceptors (Lipinski definition) is 3. The quantitative estimate of drug-likeness (QED) is 0.312. The summed E-state index contributed by atoms with van der Waals surface area (Å²) in [4.78, 5) is 27.6. The van der Waals surface area contributed by atoms with Crippen molar-refractivity contribution < 1.29 is 9.59 Å². The fraction of sp³-hybridized carbons (Fsp3) is 0.154. The second-order valence-corrected chi connectivity index (χ2v) is 9.88. The van der Waals surface area contributed by atoms with Gasteiger partial charge in [0.2, 0.25) is 0 Å². The van der Waals surface area contributed by atoms with E-state index in [2.05, 4.69) is 26.6 Å². The summed E-state index contributed by atoms with van der Waals surface area (Å²) in [5.41, 5.74) is 3.00. The molecule has 3 aromatic carbocycles. The van der Waals surface area contributed by atoms with Crippen LogP contribution >= 0.6 is 27.3 Å². The normalized spacial score (nSPS) is 12.9. The fourth-order valence-electron chi connectivity index (χ4n) is 4.19. The second kappa shape index (κ2) is 8.88. The Labute approximate surface area is 198 Å². The number of carbonyl (C=O) groups is 2. The van der Waals surface area contributed by atoms with Gasteiger partial charge in [-0.2, -0.15) is 0 Å². The molecule has 0 saturated carbocycles. The summed E-state index contributed by atoms with van der Waals surface area (Å²) in [5.74, 6) is -0.387. The third-order valence-corrected chi connectivity index (χ3v) is 7.51. The van der Waals surface area contributed by atoms with Gasteiger partial charge in [-0.3, -0.25) is 9.59 Å². The molecule has 160 valence electrons. The third kappa shape index (κ3) is 4.08. The van der Waals surface area contributed by atoms with E-state index in [0.29, 0.717) is 16.1 Å². The van der Waals surface area contributed by atoms with Crippen molar-refractivity contribution in [1.82, 2.24) is 0 Å². The van der Waals surface area contributed by atoms with Gasteiger partial charge >= 0.3 is 0 Å². The third-order valence-electron chi connectivity index (χ3n) is 5.77. The van der Waals surface area contributed by atoms with Gasteiger partial charge in [0.25, 0.3) is 11.8 Å². The molecular weight excluding hydrogens is 484 g/mol. The SMILES string of the molecule is O=C(Nc1sc2c(c1C(=O)Nc1cccc3ccccc13)CCCC2)c1ccc(Br)cc1. The zero-order chi connectivity index (χ0) is 22.1. The van der Waals surface area contributed by atoms with E-state index in [4.69, 9.17) is 0 Å². The summed E-state index contributed by atoms with van der Waals surface area (Å²) in [6.07, 6.45) is 3.97. The van der Waals surface area contributed by atoms with Crippen LogP contribution in [0.1, 0.15) is 44.0 Å². The van der Waals surface area contributed by atoms with Gasteiger partial charge in [0, 0.05) is 26.0 Å². The molecule has 2 amide bonds. The molecule has 4 aromatic rings. The van der Waals surface area contributed by atoms with Crippen molar-refractivity contribution in [1.29, 1.82) is 0 Å². The van der Waals surface area contributed by atoms with Crippen LogP contribution in [0.4, 0.5) is 10.7 Å². The minimum atomic E-state index is -0.213. The summed E-state index contributed by atoms with van der Waals surface area (Å²) in [5, 5.41) is 8.81. The van der Waals surface area contributed by atoms with Crippen molar-refractivity contribution >= 4 is 60.5 Å². The molecule has 0 atom stereocenters. The number of benzene rings is 3. The molecule has 1 aromatic heterocycles. The molecule has 4 nitrogen and oxygen atoms in total. The standard InChI is InChI=1S/C26H21BrN2O2S/c27-18-14-12-17(13-15-18)24(30)29-26-23(20-9-3-4-11-22(20)32-26)25(31)28-21-10-5-7-16-6-1-2-8-19(16)21/h1-2,5-8,10,12-15H,3-4,9,11H2,(H,28,31)(H,29,30). The maximum Gasteiger partial charge on any atom is 0.258 e. The van der Waals surface area contributed by atoms with E-state index in [1.165, 1.54) is 16.2 Å². The predicted octanol–water partition coefficient (Wildman–Crippen LogP) is 7.05. The highest BCUT2D eigenvalue weighted by atomic mass is 79.9. The summed E-state index contributed by atoms with van der Waals surface area (Å²) in [6, 6.07) is 21.1. The lowest BCUT2D eigenvalue weighted by Gasteiger charge is -2.14. The Kier molecular flexibility index (Phi) is 5.81. The highest BCUT2D eigenvalue weighted by Gasteiger charge is 2.27. The van der Waals surface area contributed by atoms with Crippen molar-refractivity contribution in [3.05, 3.63) is 92.8 Å². The van der Waals surface area contributed by atoms with Gasteiger partial charge in [-0.15, -0.1) is 11.3 Å². The van der Waals surface area contributed by atoms with Gasteiger partial charge in [0.05, 0.1) is 5.56 Å². The number of aryl methyl sites for hydroxylation is 1. The van der Waals surface area contributed by atoms with Crippen molar-refractivity contribution in [2.24, 2.45) is 0 Å². The molecule has 1 heterocycles. The zero-order valence-electron chi connectivity index (χ0n) is 17.3. The molecule has 0 unspecified atom stereocenters. The molecular formula is C26H21BrN2O2S. The molecule has 6 heteroatoms. The lowest BCUT2D eigenvalue weighted by atomic mass is 9.95. The summed E-state index contributed by atoms with van der Waals surface area (Å²) >= 11 is 4.93. The van der Waals surface area contributed by atoms with Crippen LogP contribution < -0.4 is 10.6 Å². The van der Waals surface area contributed by atoms with Gasteiger partial charge in [-0.1, -0.05) is 52.3 Å². The number of thiophene rings is 1. The average molecular weight is 505 g/mol. The molecule has 1 aliphatic carbocycles. The first-order valence-corrected chi connectivity index (χ1v) is 12.2. The predicted molar refractivity (Wildman–Crippen MR) is 135 cm³/mol. The number of fused-ring (bicyclic) bond motifs is 2. The van der Waals surface area contributed by atoms with Crippen LogP contribution in [-0.4, -0.2) is 11.8 Å². The Morgan fingerprint density at radius 1 is 0.812 bits per heavy atom. The highest BCUT2D eigenvalue weighted by molar-refractivity contribution is 9.10. The molecule has 1 aliphatic rings. The van der Waals surface area contributed by atoms with Gasteiger partial charge in [0.15, 0.2) is 0 Å². The van der Waals surface area contributed by atoms with Crippen LogP contribution in [0.25, 0.3) is 10.8 Å². The molecule has 0 fully saturated rings. The largest absolute Gasteiger partial charge is 0.321 e. The molecule has 0 bridgehead atoms. The van der Waals surface area contributed by atoms with E-state index in [9.17, 15) is 9.59 Å². The Morgan fingerprint density at radius 3 is 2.41 bits per heavy atom. The first-order valence-electron chi connectivity index (χ1n) is 10.6. The molecule has 32 heavy (non-hydrogen) atoms. The number of anilines is 2. The molecule has 0 aliphatic heterocycles. The van der Waals surface area contributed by atoms with Crippen molar-refractivity contribution in [3.8, 4) is 0 Å². The first kappa shape index (κ1) is 20.9. The molecule has 0 spiro atoms. The molecule has 0 saturated heterocycles. The number of amides is 2. The topological polar surface area (TPSA) is 58.2 Å². The summed E-state index contributed by atoms with van der Waals surface area (Å²) < 4.78 is 0.913. The Hall–Kier alpha value is -2.96. The van der Waals surface area contributed by atoms with Crippen LogP contribution in [0.15, 0.2) is 71.2 Å². The van der Waals surface area contributed by atoms with E-state index >= 15 is 0 Å². The van der Waals surface area contributed by atoms with Crippen LogP contribution in [0.5, 0.6) is 0 Å². The molecule has 2 N–H and O–H groups in total. The number of carbonyl (C=O) groups excluding carboxylic acids is 2. The van der Waals surface area contributed by atoms with Crippen LogP contribution in [-0.2, 0) is 12.8 Å². The smallest absolute Gasteiger partial charge is 0.258 e. The monoisotopic (exact) mass is 504 g/mol. The van der Waals surface area contributed by atoms with Crippen molar-refractivity contribution in [2.75, 3.05) is 10.6 Å². The van der Waals surface area contributed by atoms with Gasteiger partial charge in [-0.05, 0) is 67.0 Å². The van der Waals surface area contributed by atoms with Crippen molar-refractivity contribution in [3.63, 3.8) is 0 Å². The summed E-state index contributed by atoms with van der Waals surface area (Å²) in [7, 11) is 0. The lowest BCUT2D eigenvalue weighted by molar-refractivity contribution is 0.102. The molecule has 5 rings (SSSR count). The Bertz CT molecular complexity index is 1320. The Morgan fingerprint density at radius 2 is 1.56 bits per heavy atom. The van der Waals surface area contributed by atoms with Crippen LogP contribution in [0.3, 0.4) is 0 Å². The highest BCUT2D eigenvalue weighted by Crippen LogP contribution is 2.39. The second-order valence-electron chi connectivity index (χ2n) is 7.86. The maximum atomic E-state index is 13.5. The van der Waals surface area contributed by atoms with E-state index in [1.54, 1.807) is 12.1 Å². The molecule has 0 radical (unpaired) electrons. The number of hydrogen-bond donors (Lipinski definition) is 2. The van der Waals surface area contributed by atoms with Crippen LogP contribution in [0.2, 0.25) is 0 Å². The van der Waals surface area contributed by atoms with E-state index in [-0.39, 0.29) is 11.8 Å². The first-order chi connectivity index (χ1) is 15.6. The lowest BCUT2D eigenvalue weighted by Crippen LogP contribution is -2.18. The van der Waals surface area contributed by atoms with Gasteiger partial charge in [-0.25, -0.2) is 0 Å². The van der Waals surface area contributed by atoms with Gasteiger partial charge in [0.1, 0.15) is 5.00 Å².